The molecule has 0 aromatic heterocycles. The first-order valence-corrected chi connectivity index (χ1v) is 6.60. The quantitative estimate of drug-likeness (QED) is 0.887. The number of carbonyl (C=O) groups is 1. The van der Waals surface area contributed by atoms with Crippen LogP contribution < -0.4 is 0 Å². The van der Waals surface area contributed by atoms with E-state index in [0.29, 0.717) is 6.42 Å². The average Bonchev–Trinajstić information content (AvgIpc) is 2.41. The fourth-order valence-electron chi connectivity index (χ4n) is 2.97. The van der Waals surface area contributed by atoms with E-state index < -0.39 is 12.1 Å². The number of hydrogen-bond acceptors (Lipinski definition) is 2. The Morgan fingerprint density at radius 2 is 2.11 bits per heavy atom. The van der Waals surface area contributed by atoms with Crippen LogP contribution in [0.1, 0.15) is 35.6 Å². The fraction of sp³-hybridized carbons (Fsp3) is 0.312. The third-order valence-electron chi connectivity index (χ3n) is 3.90. The number of aliphatic hydroxyl groups excluding tert-OH is 1. The molecule has 1 atom stereocenters. The summed E-state index contributed by atoms with van der Waals surface area (Å²) in [4.78, 5) is 10.7. The van der Waals surface area contributed by atoms with Gasteiger partial charge in [0.2, 0.25) is 0 Å². The molecule has 2 N–H and O–H groups in total. The van der Waals surface area contributed by atoms with Gasteiger partial charge in [-0.3, -0.25) is 4.79 Å². The number of aryl methyl sites for hydroxylation is 2. The van der Waals surface area contributed by atoms with Gasteiger partial charge >= 0.3 is 5.97 Å². The van der Waals surface area contributed by atoms with Crippen molar-refractivity contribution in [2.24, 2.45) is 0 Å². The highest BCUT2D eigenvalue weighted by molar-refractivity contribution is 5.92. The molecule has 0 unspecified atom stereocenters. The molecule has 0 bridgehead atoms. The molecule has 0 spiro atoms. The second kappa shape index (κ2) is 4.67. The molecule has 0 amide bonds. The number of carboxylic acid groups (broad SMARTS) is 1. The van der Waals surface area contributed by atoms with Gasteiger partial charge in [0.1, 0.15) is 0 Å². The third-order valence-corrected chi connectivity index (χ3v) is 3.90. The molecule has 0 fully saturated rings. The molecule has 19 heavy (non-hydrogen) atoms. The lowest BCUT2D eigenvalue weighted by atomic mass is 9.84. The first kappa shape index (κ1) is 12.2. The highest BCUT2D eigenvalue weighted by atomic mass is 16.4. The van der Waals surface area contributed by atoms with Crippen LogP contribution in [-0.2, 0) is 17.6 Å². The van der Waals surface area contributed by atoms with Crippen molar-refractivity contribution in [3.8, 4) is 0 Å². The van der Waals surface area contributed by atoms with Crippen LogP contribution in [0.3, 0.4) is 0 Å². The zero-order chi connectivity index (χ0) is 13.4. The lowest BCUT2D eigenvalue weighted by molar-refractivity contribution is -0.136. The molecule has 98 valence electrons. The van der Waals surface area contributed by atoms with E-state index in [1.54, 1.807) is 0 Å². The van der Waals surface area contributed by atoms with Crippen LogP contribution >= 0.6 is 0 Å². The lowest BCUT2D eigenvalue weighted by Crippen LogP contribution is -2.09. The minimum absolute atomic E-state index is 0.140. The molecule has 3 heteroatoms. The van der Waals surface area contributed by atoms with Gasteiger partial charge < -0.3 is 10.2 Å². The molecule has 0 heterocycles. The van der Waals surface area contributed by atoms with Crippen molar-refractivity contribution >= 4 is 16.7 Å². The first-order valence-electron chi connectivity index (χ1n) is 6.60. The Bertz CT molecular complexity index is 646. The molecule has 3 rings (SSSR count). The molecule has 0 aliphatic heterocycles. The maximum absolute atomic E-state index is 10.7. The van der Waals surface area contributed by atoms with Gasteiger partial charge in [-0.2, -0.15) is 0 Å². The summed E-state index contributed by atoms with van der Waals surface area (Å²) in [5, 5.41) is 21.1. The van der Waals surface area contributed by atoms with E-state index >= 15 is 0 Å². The molecule has 0 saturated carbocycles. The fourth-order valence-corrected chi connectivity index (χ4v) is 2.97. The summed E-state index contributed by atoms with van der Waals surface area (Å²) in [6.45, 7) is 0. The molecule has 3 nitrogen and oxygen atoms in total. The van der Waals surface area contributed by atoms with Gasteiger partial charge in [0.25, 0.3) is 0 Å². The topological polar surface area (TPSA) is 57.5 Å². The van der Waals surface area contributed by atoms with Crippen molar-refractivity contribution in [3.05, 3.63) is 47.0 Å². The van der Waals surface area contributed by atoms with Crippen molar-refractivity contribution < 1.29 is 15.0 Å². The van der Waals surface area contributed by atoms with Crippen LogP contribution in [0.5, 0.6) is 0 Å². The predicted molar refractivity (Wildman–Crippen MR) is 73.2 cm³/mol. The van der Waals surface area contributed by atoms with Gasteiger partial charge in [0, 0.05) is 6.42 Å². The monoisotopic (exact) mass is 256 g/mol. The van der Waals surface area contributed by atoms with Crippen molar-refractivity contribution in [2.75, 3.05) is 0 Å². The minimum atomic E-state index is -0.777. The summed E-state index contributed by atoms with van der Waals surface area (Å²) in [7, 11) is 0. The summed E-state index contributed by atoms with van der Waals surface area (Å²) in [6.07, 6.45) is 1.92. The number of benzene rings is 2. The molecule has 2 aromatic rings. The highest BCUT2D eigenvalue weighted by Gasteiger charge is 2.20. The second-order valence-electron chi connectivity index (χ2n) is 5.10. The number of hydrogen-bond donors (Lipinski definition) is 2. The van der Waals surface area contributed by atoms with Crippen molar-refractivity contribution in [2.45, 2.75) is 31.8 Å². The Kier molecular flexibility index (Phi) is 2.99. The zero-order valence-corrected chi connectivity index (χ0v) is 10.6. The van der Waals surface area contributed by atoms with E-state index in [1.165, 1.54) is 5.56 Å². The SMILES string of the molecule is O=C(O)CCc1ccc2c3c(cccc13)CC[C@H]2O. The van der Waals surface area contributed by atoms with Crippen LogP contribution in [0.2, 0.25) is 0 Å². The van der Waals surface area contributed by atoms with E-state index in [1.807, 2.05) is 24.3 Å². The van der Waals surface area contributed by atoms with Crippen LogP contribution in [0.25, 0.3) is 10.8 Å². The molecule has 1 aliphatic carbocycles. The standard InChI is InChI=1S/C16H16O3/c17-14-8-5-11-2-1-3-12-10(6-9-15(18)19)4-7-13(14)16(11)12/h1-4,7,14,17H,5-6,8-9H2,(H,18,19)/t14-/m1/s1. The van der Waals surface area contributed by atoms with E-state index in [2.05, 4.69) is 6.07 Å². The Morgan fingerprint density at radius 3 is 2.89 bits per heavy atom. The second-order valence-corrected chi connectivity index (χ2v) is 5.10. The van der Waals surface area contributed by atoms with E-state index in [-0.39, 0.29) is 6.42 Å². The van der Waals surface area contributed by atoms with Gasteiger partial charge in [-0.15, -0.1) is 0 Å². The number of carboxylic acids is 1. The average molecular weight is 256 g/mol. The molecule has 1 aliphatic rings. The normalized spacial score (nSPS) is 17.6. The first-order chi connectivity index (χ1) is 9.16. The molecule has 0 radical (unpaired) electrons. The minimum Gasteiger partial charge on any atom is -0.481 e. The van der Waals surface area contributed by atoms with Crippen molar-refractivity contribution in [1.82, 2.24) is 0 Å². The van der Waals surface area contributed by atoms with Crippen LogP contribution in [0, 0.1) is 0 Å². The zero-order valence-electron chi connectivity index (χ0n) is 10.6. The third kappa shape index (κ3) is 2.10. The molecule has 2 aromatic carbocycles. The highest BCUT2D eigenvalue weighted by Crippen LogP contribution is 2.36. The summed E-state index contributed by atoms with van der Waals surface area (Å²) in [5.74, 6) is -0.777. The number of aliphatic hydroxyl groups is 1. The largest absolute Gasteiger partial charge is 0.481 e. The predicted octanol–water partition coefficient (Wildman–Crippen LogP) is 2.84. The summed E-state index contributed by atoms with van der Waals surface area (Å²) in [5.41, 5.74) is 3.29. The maximum Gasteiger partial charge on any atom is 0.303 e. The smallest absolute Gasteiger partial charge is 0.303 e. The van der Waals surface area contributed by atoms with Gasteiger partial charge in [-0.05, 0) is 46.7 Å². The Morgan fingerprint density at radius 1 is 1.26 bits per heavy atom. The molecular weight excluding hydrogens is 240 g/mol. The number of rotatable bonds is 3. The number of aliphatic carboxylic acids is 1. The van der Waals surface area contributed by atoms with Crippen LogP contribution in [0.15, 0.2) is 30.3 Å². The summed E-state index contributed by atoms with van der Waals surface area (Å²) >= 11 is 0. The lowest BCUT2D eigenvalue weighted by Gasteiger charge is -2.23. The van der Waals surface area contributed by atoms with Crippen molar-refractivity contribution in [3.63, 3.8) is 0 Å². The van der Waals surface area contributed by atoms with E-state index in [9.17, 15) is 9.90 Å². The summed E-state index contributed by atoms with van der Waals surface area (Å²) in [6, 6.07) is 10.0. The van der Waals surface area contributed by atoms with E-state index in [4.69, 9.17) is 5.11 Å². The summed E-state index contributed by atoms with van der Waals surface area (Å²) < 4.78 is 0. The van der Waals surface area contributed by atoms with E-state index in [0.717, 1.165) is 34.7 Å². The van der Waals surface area contributed by atoms with Gasteiger partial charge in [0.15, 0.2) is 0 Å². The van der Waals surface area contributed by atoms with Crippen LogP contribution in [-0.4, -0.2) is 16.2 Å². The van der Waals surface area contributed by atoms with Gasteiger partial charge in [-0.25, -0.2) is 0 Å². The Hall–Kier alpha value is -1.87. The molecule has 0 saturated heterocycles. The van der Waals surface area contributed by atoms with Crippen molar-refractivity contribution in [1.29, 1.82) is 0 Å². The van der Waals surface area contributed by atoms with Gasteiger partial charge in [0.05, 0.1) is 6.10 Å². The maximum atomic E-state index is 10.7. The molecular formula is C16H16O3. The van der Waals surface area contributed by atoms with Crippen LogP contribution in [0.4, 0.5) is 0 Å². The van der Waals surface area contributed by atoms with Gasteiger partial charge in [-0.1, -0.05) is 30.3 Å². The Balaban J connectivity index is 2.15. The Labute approximate surface area is 111 Å².